The van der Waals surface area contributed by atoms with Gasteiger partial charge in [0.05, 0.1) is 5.02 Å². The molecule has 15 heavy (non-hydrogen) atoms. The molecular formula is C11H13ClFNO. The van der Waals surface area contributed by atoms with E-state index in [1.54, 1.807) is 13.0 Å². The van der Waals surface area contributed by atoms with E-state index in [1.807, 2.05) is 0 Å². The first-order valence-corrected chi connectivity index (χ1v) is 5.09. The van der Waals surface area contributed by atoms with Crippen LogP contribution in [0, 0.1) is 11.7 Å². The van der Waals surface area contributed by atoms with Crippen LogP contribution in [0.2, 0.25) is 5.02 Å². The molecule has 0 aliphatic heterocycles. The molecule has 1 aromatic rings. The van der Waals surface area contributed by atoms with Gasteiger partial charge in [-0.05, 0) is 11.6 Å². The number of carbonyl (C=O) groups excluding carboxylic acids is 1. The lowest BCUT2D eigenvalue weighted by molar-refractivity contribution is -0.121. The van der Waals surface area contributed by atoms with Gasteiger partial charge in [-0.2, -0.15) is 0 Å². The van der Waals surface area contributed by atoms with Crippen LogP contribution in [-0.2, 0) is 11.2 Å². The van der Waals surface area contributed by atoms with Crippen LogP contribution in [0.15, 0.2) is 18.2 Å². The summed E-state index contributed by atoms with van der Waals surface area (Å²) in [4.78, 5) is 11.5. The maximum absolute atomic E-state index is 13.0. The third-order valence-corrected chi connectivity index (χ3v) is 2.72. The molecule has 0 saturated heterocycles. The van der Waals surface area contributed by atoms with Gasteiger partial charge >= 0.3 is 0 Å². The molecule has 0 aliphatic carbocycles. The summed E-state index contributed by atoms with van der Waals surface area (Å²) in [7, 11) is 0. The molecule has 4 heteroatoms. The van der Waals surface area contributed by atoms with Gasteiger partial charge in [0.15, 0.2) is 0 Å². The largest absolute Gasteiger partial charge is 0.330 e. The van der Waals surface area contributed by atoms with Gasteiger partial charge in [-0.3, -0.25) is 4.79 Å². The van der Waals surface area contributed by atoms with Crippen LogP contribution >= 0.6 is 11.6 Å². The zero-order valence-corrected chi connectivity index (χ0v) is 9.22. The van der Waals surface area contributed by atoms with Gasteiger partial charge in [0, 0.05) is 18.9 Å². The summed E-state index contributed by atoms with van der Waals surface area (Å²) in [5.41, 5.74) is 5.88. The lowest BCUT2D eigenvalue weighted by Gasteiger charge is -2.08. The van der Waals surface area contributed by atoms with Crippen molar-refractivity contribution in [2.75, 3.05) is 6.54 Å². The molecule has 0 fully saturated rings. The van der Waals surface area contributed by atoms with Gasteiger partial charge < -0.3 is 5.73 Å². The minimum absolute atomic E-state index is 0.0231. The summed E-state index contributed by atoms with van der Waals surface area (Å²) in [6, 6.07) is 4.45. The number of benzene rings is 1. The highest BCUT2D eigenvalue weighted by molar-refractivity contribution is 6.31. The van der Waals surface area contributed by atoms with Gasteiger partial charge in [-0.15, -0.1) is 0 Å². The second-order valence-electron chi connectivity index (χ2n) is 3.49. The van der Waals surface area contributed by atoms with Gasteiger partial charge in [0.2, 0.25) is 0 Å². The molecule has 0 radical (unpaired) electrons. The van der Waals surface area contributed by atoms with E-state index in [0.717, 1.165) is 0 Å². The summed E-state index contributed by atoms with van der Waals surface area (Å²) in [5.74, 6) is -0.739. The topological polar surface area (TPSA) is 43.1 Å². The number of rotatable bonds is 4. The second-order valence-corrected chi connectivity index (χ2v) is 3.87. The molecule has 1 rings (SSSR count). The SMILES string of the molecule is CC(CN)C(=O)Cc1cccc(F)c1Cl. The number of hydrogen-bond donors (Lipinski definition) is 1. The summed E-state index contributed by atoms with van der Waals surface area (Å²) >= 11 is 5.73. The van der Waals surface area contributed by atoms with Crippen molar-refractivity contribution in [3.8, 4) is 0 Å². The van der Waals surface area contributed by atoms with Crippen molar-refractivity contribution in [1.29, 1.82) is 0 Å². The van der Waals surface area contributed by atoms with Crippen LogP contribution in [0.3, 0.4) is 0 Å². The van der Waals surface area contributed by atoms with Crippen molar-refractivity contribution >= 4 is 17.4 Å². The van der Waals surface area contributed by atoms with Crippen molar-refractivity contribution in [2.45, 2.75) is 13.3 Å². The first-order chi connectivity index (χ1) is 7.06. The standard InChI is InChI=1S/C11H13ClFNO/c1-7(6-14)10(15)5-8-3-2-4-9(13)11(8)12/h2-4,7H,5-6,14H2,1H3. The Morgan fingerprint density at radius 3 is 2.87 bits per heavy atom. The van der Waals surface area contributed by atoms with E-state index in [9.17, 15) is 9.18 Å². The Labute approximate surface area is 93.2 Å². The Kier molecular flexibility index (Phi) is 4.24. The number of halogens is 2. The number of nitrogens with two attached hydrogens (primary N) is 1. The van der Waals surface area contributed by atoms with E-state index < -0.39 is 5.82 Å². The minimum Gasteiger partial charge on any atom is -0.330 e. The molecule has 82 valence electrons. The summed E-state index contributed by atoms with van der Waals surface area (Å²) in [5, 5.41) is 0.0232. The molecular weight excluding hydrogens is 217 g/mol. The molecule has 1 aromatic carbocycles. The number of carbonyl (C=O) groups is 1. The third-order valence-electron chi connectivity index (χ3n) is 2.30. The maximum atomic E-state index is 13.0. The lowest BCUT2D eigenvalue weighted by Crippen LogP contribution is -2.22. The van der Waals surface area contributed by atoms with Crippen LogP contribution < -0.4 is 5.73 Å². The Balaban J connectivity index is 2.81. The van der Waals surface area contributed by atoms with E-state index >= 15 is 0 Å². The van der Waals surface area contributed by atoms with Crippen LogP contribution in [0.1, 0.15) is 12.5 Å². The fraction of sp³-hybridized carbons (Fsp3) is 0.364. The maximum Gasteiger partial charge on any atom is 0.142 e. The molecule has 2 nitrogen and oxygen atoms in total. The molecule has 0 amide bonds. The molecule has 2 N–H and O–H groups in total. The minimum atomic E-state index is -0.498. The molecule has 0 saturated carbocycles. The van der Waals surface area contributed by atoms with E-state index in [-0.39, 0.29) is 23.1 Å². The van der Waals surface area contributed by atoms with Crippen molar-refractivity contribution in [3.05, 3.63) is 34.6 Å². The molecule has 0 heterocycles. The number of ketones is 1. The Hall–Kier alpha value is -0.930. The van der Waals surface area contributed by atoms with E-state index in [1.165, 1.54) is 12.1 Å². The van der Waals surface area contributed by atoms with Crippen molar-refractivity contribution in [3.63, 3.8) is 0 Å². The Morgan fingerprint density at radius 1 is 1.60 bits per heavy atom. The van der Waals surface area contributed by atoms with Gasteiger partial charge in [-0.1, -0.05) is 30.7 Å². The van der Waals surface area contributed by atoms with Gasteiger partial charge in [0.1, 0.15) is 11.6 Å². The predicted molar refractivity (Wildman–Crippen MR) is 58.3 cm³/mol. The number of Topliss-reactive ketones (excluding diaryl/α,β-unsaturated/α-hetero) is 1. The van der Waals surface area contributed by atoms with E-state index in [4.69, 9.17) is 17.3 Å². The zero-order chi connectivity index (χ0) is 11.4. The molecule has 0 bridgehead atoms. The van der Waals surface area contributed by atoms with Crippen molar-refractivity contribution in [1.82, 2.24) is 0 Å². The Bertz CT molecular complexity index is 368. The molecule has 0 spiro atoms. The lowest BCUT2D eigenvalue weighted by atomic mass is 9.99. The van der Waals surface area contributed by atoms with Crippen LogP contribution in [-0.4, -0.2) is 12.3 Å². The summed E-state index contributed by atoms with van der Waals surface area (Å²) < 4.78 is 13.0. The predicted octanol–water partition coefficient (Wildman–Crippen LogP) is 2.19. The molecule has 0 aliphatic rings. The zero-order valence-electron chi connectivity index (χ0n) is 8.47. The molecule has 1 unspecified atom stereocenters. The monoisotopic (exact) mass is 229 g/mol. The fourth-order valence-electron chi connectivity index (χ4n) is 1.18. The molecule has 1 atom stereocenters. The first kappa shape index (κ1) is 12.1. The highest BCUT2D eigenvalue weighted by Gasteiger charge is 2.14. The summed E-state index contributed by atoms with van der Waals surface area (Å²) in [6.07, 6.45) is 0.134. The average Bonchev–Trinajstić information content (AvgIpc) is 2.23. The quantitative estimate of drug-likeness (QED) is 0.860. The average molecular weight is 230 g/mol. The third kappa shape index (κ3) is 3.01. The van der Waals surface area contributed by atoms with Crippen LogP contribution in [0.25, 0.3) is 0 Å². The second kappa shape index (κ2) is 5.24. The van der Waals surface area contributed by atoms with Crippen LogP contribution in [0.4, 0.5) is 4.39 Å². The van der Waals surface area contributed by atoms with Crippen molar-refractivity contribution in [2.24, 2.45) is 11.7 Å². The van der Waals surface area contributed by atoms with E-state index in [2.05, 4.69) is 0 Å². The normalized spacial score (nSPS) is 12.5. The highest BCUT2D eigenvalue weighted by Crippen LogP contribution is 2.20. The van der Waals surface area contributed by atoms with Gasteiger partial charge in [-0.25, -0.2) is 4.39 Å². The van der Waals surface area contributed by atoms with Gasteiger partial charge in [0.25, 0.3) is 0 Å². The highest BCUT2D eigenvalue weighted by atomic mass is 35.5. The van der Waals surface area contributed by atoms with E-state index in [0.29, 0.717) is 12.1 Å². The smallest absolute Gasteiger partial charge is 0.142 e. The fourth-order valence-corrected chi connectivity index (χ4v) is 1.37. The first-order valence-electron chi connectivity index (χ1n) is 4.72. The number of hydrogen-bond acceptors (Lipinski definition) is 2. The Morgan fingerprint density at radius 2 is 2.27 bits per heavy atom. The van der Waals surface area contributed by atoms with Crippen LogP contribution in [0.5, 0.6) is 0 Å². The summed E-state index contributed by atoms with van der Waals surface area (Å²) in [6.45, 7) is 2.04. The van der Waals surface area contributed by atoms with Crippen molar-refractivity contribution < 1.29 is 9.18 Å². The molecule has 0 aromatic heterocycles.